The van der Waals surface area contributed by atoms with Crippen LogP contribution in [0.5, 0.6) is 0 Å². The molecule has 2 heteroatoms. The van der Waals surface area contributed by atoms with Gasteiger partial charge in [0, 0.05) is 25.1 Å². The average Bonchev–Trinajstić information content (AvgIpc) is 2.73. The number of likely N-dealkylation sites (tertiary alicyclic amines) is 1. The van der Waals surface area contributed by atoms with Crippen molar-refractivity contribution in [3.63, 3.8) is 0 Å². The molecule has 0 aliphatic carbocycles. The number of rotatable bonds is 4. The zero-order valence-electron chi connectivity index (χ0n) is 10.8. The summed E-state index contributed by atoms with van der Waals surface area (Å²) in [6.07, 6.45) is 1.93. The van der Waals surface area contributed by atoms with Crippen molar-refractivity contribution in [1.82, 2.24) is 4.90 Å². The van der Waals surface area contributed by atoms with Crippen molar-refractivity contribution in [3.05, 3.63) is 35.4 Å². The van der Waals surface area contributed by atoms with Crippen LogP contribution in [0.3, 0.4) is 0 Å². The normalized spacial score (nSPS) is 20.7. The topological polar surface area (TPSA) is 20.3 Å². The Morgan fingerprint density at radius 3 is 2.65 bits per heavy atom. The summed E-state index contributed by atoms with van der Waals surface area (Å²) in [5.74, 6) is 1.06. The van der Waals surface area contributed by atoms with E-state index in [2.05, 4.69) is 11.8 Å². The third kappa shape index (κ3) is 3.40. The van der Waals surface area contributed by atoms with E-state index in [4.69, 9.17) is 0 Å². The molecule has 0 bridgehead atoms. The highest BCUT2D eigenvalue weighted by Crippen LogP contribution is 2.15. The van der Waals surface area contributed by atoms with Crippen molar-refractivity contribution in [3.8, 4) is 0 Å². The van der Waals surface area contributed by atoms with Gasteiger partial charge in [0.1, 0.15) is 0 Å². The second-order valence-corrected chi connectivity index (χ2v) is 5.23. The molecule has 1 unspecified atom stereocenters. The van der Waals surface area contributed by atoms with Gasteiger partial charge < -0.3 is 4.90 Å². The number of Topliss-reactive ketones (excluding diaryl/α,β-unsaturated/α-hetero) is 1. The fourth-order valence-electron chi connectivity index (χ4n) is 2.37. The molecule has 1 fully saturated rings. The summed E-state index contributed by atoms with van der Waals surface area (Å²) >= 11 is 0. The first kappa shape index (κ1) is 12.3. The molecule has 1 aromatic rings. The molecule has 1 saturated heterocycles. The van der Waals surface area contributed by atoms with E-state index in [1.807, 2.05) is 31.2 Å². The lowest BCUT2D eigenvalue weighted by Crippen LogP contribution is -2.23. The molecule has 2 nitrogen and oxygen atoms in total. The van der Waals surface area contributed by atoms with Crippen LogP contribution in [0.15, 0.2) is 24.3 Å². The van der Waals surface area contributed by atoms with Crippen LogP contribution in [0.1, 0.15) is 35.7 Å². The monoisotopic (exact) mass is 231 g/mol. The summed E-state index contributed by atoms with van der Waals surface area (Å²) in [4.78, 5) is 14.4. The lowest BCUT2D eigenvalue weighted by Gasteiger charge is -2.14. The highest BCUT2D eigenvalue weighted by Gasteiger charge is 2.19. The first-order valence-electron chi connectivity index (χ1n) is 6.47. The van der Waals surface area contributed by atoms with E-state index in [1.54, 1.807) is 0 Å². The lowest BCUT2D eigenvalue weighted by atomic mass is 10.1. The van der Waals surface area contributed by atoms with Gasteiger partial charge in [0.2, 0.25) is 0 Å². The van der Waals surface area contributed by atoms with E-state index in [1.165, 1.54) is 12.0 Å². The van der Waals surface area contributed by atoms with Crippen molar-refractivity contribution in [2.24, 2.45) is 5.92 Å². The molecule has 17 heavy (non-hydrogen) atoms. The van der Waals surface area contributed by atoms with Gasteiger partial charge >= 0.3 is 0 Å². The first-order chi connectivity index (χ1) is 8.15. The molecule has 1 aromatic carbocycles. The van der Waals surface area contributed by atoms with Crippen molar-refractivity contribution in [2.45, 2.75) is 26.7 Å². The van der Waals surface area contributed by atoms with Gasteiger partial charge in [0.05, 0.1) is 0 Å². The van der Waals surface area contributed by atoms with Crippen molar-refractivity contribution in [1.29, 1.82) is 0 Å². The van der Waals surface area contributed by atoms with Crippen LogP contribution in [0, 0.1) is 12.8 Å². The van der Waals surface area contributed by atoms with Crippen LogP contribution in [0.4, 0.5) is 0 Å². The summed E-state index contributed by atoms with van der Waals surface area (Å²) < 4.78 is 0. The molecule has 92 valence electrons. The number of carbonyl (C=O) groups excluding carboxylic acids is 1. The quantitative estimate of drug-likeness (QED) is 0.743. The first-order valence-corrected chi connectivity index (χ1v) is 6.47. The Labute approximate surface area is 104 Å². The van der Waals surface area contributed by atoms with E-state index < -0.39 is 0 Å². The number of hydrogen-bond acceptors (Lipinski definition) is 2. The zero-order valence-corrected chi connectivity index (χ0v) is 10.8. The van der Waals surface area contributed by atoms with E-state index in [-0.39, 0.29) is 5.78 Å². The maximum Gasteiger partial charge on any atom is 0.164 e. The Kier molecular flexibility index (Phi) is 3.95. The van der Waals surface area contributed by atoms with Crippen LogP contribution in [0.25, 0.3) is 0 Å². The molecule has 0 saturated carbocycles. The SMILES string of the molecule is Cc1ccc(C(=O)CCN2CCC(C)C2)cc1. The largest absolute Gasteiger partial charge is 0.303 e. The molecule has 0 aromatic heterocycles. The van der Waals surface area contributed by atoms with Gasteiger partial charge in [0.25, 0.3) is 0 Å². The van der Waals surface area contributed by atoms with E-state index >= 15 is 0 Å². The minimum absolute atomic E-state index is 0.268. The molecule has 0 spiro atoms. The molecule has 1 atom stereocenters. The minimum Gasteiger partial charge on any atom is -0.303 e. The third-order valence-corrected chi connectivity index (χ3v) is 3.54. The molecular weight excluding hydrogens is 210 g/mol. The van der Waals surface area contributed by atoms with Gasteiger partial charge in [0.15, 0.2) is 5.78 Å². The van der Waals surface area contributed by atoms with Gasteiger partial charge in [-0.15, -0.1) is 0 Å². The molecule has 0 amide bonds. The van der Waals surface area contributed by atoms with Gasteiger partial charge in [-0.2, -0.15) is 0 Å². The molecule has 1 heterocycles. The standard InChI is InChI=1S/C15H21NO/c1-12-3-5-14(6-4-12)15(17)8-10-16-9-7-13(2)11-16/h3-6,13H,7-11H2,1-2H3. The summed E-state index contributed by atoms with van der Waals surface area (Å²) in [7, 11) is 0. The van der Waals surface area contributed by atoms with E-state index in [0.29, 0.717) is 6.42 Å². The van der Waals surface area contributed by atoms with Gasteiger partial charge in [-0.25, -0.2) is 0 Å². The number of aryl methyl sites for hydroxylation is 1. The fourth-order valence-corrected chi connectivity index (χ4v) is 2.37. The number of benzene rings is 1. The molecule has 1 aliphatic rings. The number of nitrogens with zero attached hydrogens (tertiary/aromatic N) is 1. The summed E-state index contributed by atoms with van der Waals surface area (Å²) in [5, 5.41) is 0. The fraction of sp³-hybridized carbons (Fsp3) is 0.533. The Morgan fingerprint density at radius 2 is 2.06 bits per heavy atom. The molecule has 0 radical (unpaired) electrons. The number of ketones is 1. The Bertz CT molecular complexity index is 382. The Hall–Kier alpha value is -1.15. The maximum absolute atomic E-state index is 12.0. The molecule has 0 N–H and O–H groups in total. The summed E-state index contributed by atoms with van der Waals surface area (Å²) in [5.41, 5.74) is 2.05. The predicted molar refractivity (Wildman–Crippen MR) is 70.3 cm³/mol. The van der Waals surface area contributed by atoms with Crippen molar-refractivity contribution < 1.29 is 4.79 Å². The predicted octanol–water partition coefficient (Wildman–Crippen LogP) is 2.91. The van der Waals surface area contributed by atoms with Gasteiger partial charge in [-0.3, -0.25) is 4.79 Å². The second kappa shape index (κ2) is 5.46. The number of hydrogen-bond donors (Lipinski definition) is 0. The third-order valence-electron chi connectivity index (χ3n) is 3.54. The van der Waals surface area contributed by atoms with E-state index in [9.17, 15) is 4.79 Å². The van der Waals surface area contributed by atoms with Crippen LogP contribution in [-0.2, 0) is 0 Å². The van der Waals surface area contributed by atoms with Gasteiger partial charge in [-0.05, 0) is 25.8 Å². The maximum atomic E-state index is 12.0. The van der Waals surface area contributed by atoms with Crippen LogP contribution >= 0.6 is 0 Å². The Balaban J connectivity index is 1.83. The highest BCUT2D eigenvalue weighted by molar-refractivity contribution is 5.96. The van der Waals surface area contributed by atoms with Crippen LogP contribution in [-0.4, -0.2) is 30.3 Å². The molecular formula is C15H21NO. The second-order valence-electron chi connectivity index (χ2n) is 5.23. The minimum atomic E-state index is 0.268. The van der Waals surface area contributed by atoms with Gasteiger partial charge in [-0.1, -0.05) is 36.8 Å². The summed E-state index contributed by atoms with van der Waals surface area (Å²) in [6.45, 7) is 7.54. The van der Waals surface area contributed by atoms with Crippen molar-refractivity contribution in [2.75, 3.05) is 19.6 Å². The molecule has 1 aliphatic heterocycles. The zero-order chi connectivity index (χ0) is 12.3. The highest BCUT2D eigenvalue weighted by atomic mass is 16.1. The van der Waals surface area contributed by atoms with E-state index in [0.717, 1.165) is 31.1 Å². The van der Waals surface area contributed by atoms with Crippen LogP contribution < -0.4 is 0 Å². The van der Waals surface area contributed by atoms with Crippen molar-refractivity contribution >= 4 is 5.78 Å². The molecule has 2 rings (SSSR count). The number of carbonyl (C=O) groups is 1. The average molecular weight is 231 g/mol. The van der Waals surface area contributed by atoms with Crippen LogP contribution in [0.2, 0.25) is 0 Å². The summed E-state index contributed by atoms with van der Waals surface area (Å²) in [6, 6.07) is 7.88. The smallest absolute Gasteiger partial charge is 0.164 e. The lowest BCUT2D eigenvalue weighted by molar-refractivity contribution is 0.0968. The Morgan fingerprint density at radius 1 is 1.35 bits per heavy atom.